The molecule has 1 unspecified atom stereocenters. The van der Waals surface area contributed by atoms with Crippen molar-refractivity contribution in [3.8, 4) is 5.75 Å². The Bertz CT molecular complexity index is 553. The molecule has 0 amide bonds. The van der Waals surface area contributed by atoms with Gasteiger partial charge in [0.2, 0.25) is 0 Å². The van der Waals surface area contributed by atoms with Crippen LogP contribution in [0.4, 0.5) is 0 Å². The SMILES string of the molecule is CNC(C)(Cc1ccccc1OC)c1nc(C)cs1. The molecular formula is C15H20N2OS. The Balaban J connectivity index is 2.32. The summed E-state index contributed by atoms with van der Waals surface area (Å²) in [5, 5.41) is 6.60. The summed E-state index contributed by atoms with van der Waals surface area (Å²) >= 11 is 1.70. The third kappa shape index (κ3) is 2.96. The topological polar surface area (TPSA) is 34.1 Å². The summed E-state index contributed by atoms with van der Waals surface area (Å²) in [6, 6.07) is 8.14. The van der Waals surface area contributed by atoms with Gasteiger partial charge < -0.3 is 10.1 Å². The lowest BCUT2D eigenvalue weighted by Gasteiger charge is -2.27. The van der Waals surface area contributed by atoms with Crippen molar-refractivity contribution in [1.82, 2.24) is 10.3 Å². The number of benzene rings is 1. The molecule has 1 aromatic carbocycles. The van der Waals surface area contributed by atoms with Crippen molar-refractivity contribution in [2.24, 2.45) is 0 Å². The van der Waals surface area contributed by atoms with Crippen molar-refractivity contribution in [3.63, 3.8) is 0 Å². The van der Waals surface area contributed by atoms with Crippen molar-refractivity contribution < 1.29 is 4.74 Å². The number of aryl methyl sites for hydroxylation is 1. The second-order valence-corrected chi connectivity index (χ2v) is 5.72. The molecule has 1 atom stereocenters. The summed E-state index contributed by atoms with van der Waals surface area (Å²) in [7, 11) is 3.69. The van der Waals surface area contributed by atoms with E-state index in [9.17, 15) is 0 Å². The van der Waals surface area contributed by atoms with Crippen LogP contribution in [-0.2, 0) is 12.0 Å². The Morgan fingerprint density at radius 3 is 2.68 bits per heavy atom. The molecule has 3 nitrogen and oxygen atoms in total. The van der Waals surface area contributed by atoms with Crippen molar-refractivity contribution in [2.75, 3.05) is 14.2 Å². The molecule has 1 aromatic heterocycles. The first-order valence-electron chi connectivity index (χ1n) is 6.32. The summed E-state index contributed by atoms with van der Waals surface area (Å²) in [4.78, 5) is 4.62. The second kappa shape index (κ2) is 5.72. The molecule has 2 rings (SSSR count). The Morgan fingerprint density at radius 2 is 2.11 bits per heavy atom. The molecule has 19 heavy (non-hydrogen) atoms. The number of nitrogens with one attached hydrogen (secondary N) is 1. The van der Waals surface area contributed by atoms with E-state index in [4.69, 9.17) is 4.74 Å². The van der Waals surface area contributed by atoms with Crippen molar-refractivity contribution in [2.45, 2.75) is 25.8 Å². The summed E-state index contributed by atoms with van der Waals surface area (Å²) in [5.74, 6) is 0.928. The van der Waals surface area contributed by atoms with Gasteiger partial charge in [0, 0.05) is 17.5 Å². The first-order chi connectivity index (χ1) is 9.09. The first kappa shape index (κ1) is 14.0. The van der Waals surface area contributed by atoms with Crippen LogP contribution in [0.25, 0.3) is 0 Å². The van der Waals surface area contributed by atoms with Gasteiger partial charge in [-0.2, -0.15) is 0 Å². The molecule has 0 bridgehead atoms. The number of ether oxygens (including phenoxy) is 1. The van der Waals surface area contributed by atoms with Gasteiger partial charge in [0.15, 0.2) is 0 Å². The zero-order valence-corrected chi connectivity index (χ0v) is 12.7. The fourth-order valence-corrected chi connectivity index (χ4v) is 3.07. The molecule has 102 valence electrons. The van der Waals surface area contributed by atoms with Crippen LogP contribution in [0.2, 0.25) is 0 Å². The summed E-state index contributed by atoms with van der Waals surface area (Å²) in [5.41, 5.74) is 2.09. The molecule has 0 radical (unpaired) electrons. The van der Waals surface area contributed by atoms with Crippen LogP contribution in [0.3, 0.4) is 0 Å². The molecule has 0 saturated carbocycles. The third-order valence-corrected chi connectivity index (χ3v) is 4.60. The number of nitrogens with zero attached hydrogens (tertiary/aromatic N) is 1. The van der Waals surface area contributed by atoms with E-state index < -0.39 is 0 Å². The number of likely N-dealkylation sites (N-methyl/N-ethyl adjacent to an activating group) is 1. The maximum absolute atomic E-state index is 5.43. The minimum atomic E-state index is -0.173. The molecule has 0 fully saturated rings. The lowest BCUT2D eigenvalue weighted by molar-refractivity contribution is 0.372. The highest BCUT2D eigenvalue weighted by molar-refractivity contribution is 7.09. The molecule has 1 N–H and O–H groups in total. The number of methoxy groups -OCH3 is 1. The second-order valence-electron chi connectivity index (χ2n) is 4.86. The van der Waals surface area contributed by atoms with Crippen molar-refractivity contribution in [1.29, 1.82) is 0 Å². The monoisotopic (exact) mass is 276 g/mol. The average Bonchev–Trinajstić information content (AvgIpc) is 2.86. The van der Waals surface area contributed by atoms with Crippen LogP contribution < -0.4 is 10.1 Å². The number of hydrogen-bond acceptors (Lipinski definition) is 4. The number of thiazole rings is 1. The van der Waals surface area contributed by atoms with Crippen molar-refractivity contribution >= 4 is 11.3 Å². The average molecular weight is 276 g/mol. The van der Waals surface area contributed by atoms with Gasteiger partial charge in [-0.05, 0) is 32.5 Å². The van der Waals surface area contributed by atoms with Crippen molar-refractivity contribution in [3.05, 3.63) is 45.9 Å². The maximum Gasteiger partial charge on any atom is 0.122 e. The fourth-order valence-electron chi connectivity index (χ4n) is 2.11. The molecule has 1 heterocycles. The molecule has 2 aromatic rings. The van der Waals surface area contributed by atoms with E-state index in [1.54, 1.807) is 18.4 Å². The molecule has 0 aliphatic carbocycles. The molecule has 0 aliphatic heterocycles. The van der Waals surface area contributed by atoms with E-state index in [-0.39, 0.29) is 5.54 Å². The quantitative estimate of drug-likeness (QED) is 0.911. The van der Waals surface area contributed by atoms with Crippen LogP contribution in [0, 0.1) is 6.92 Å². The standard InChI is InChI=1S/C15H20N2OS/c1-11-10-19-14(17-11)15(2,16-3)9-12-7-5-6-8-13(12)18-4/h5-8,10,16H,9H2,1-4H3. The third-order valence-electron chi connectivity index (χ3n) is 3.38. The predicted molar refractivity (Wildman–Crippen MR) is 80.0 cm³/mol. The van der Waals surface area contributed by atoms with Crippen LogP contribution >= 0.6 is 11.3 Å². The number of aromatic nitrogens is 1. The Morgan fingerprint density at radius 1 is 1.37 bits per heavy atom. The van der Waals surface area contributed by atoms with Crippen LogP contribution in [0.5, 0.6) is 5.75 Å². The molecule has 0 aliphatic rings. The highest BCUT2D eigenvalue weighted by Crippen LogP contribution is 2.31. The van der Waals surface area contributed by atoms with E-state index in [1.807, 2.05) is 32.2 Å². The van der Waals surface area contributed by atoms with Gasteiger partial charge in [-0.3, -0.25) is 0 Å². The smallest absolute Gasteiger partial charge is 0.122 e. The van der Waals surface area contributed by atoms with E-state index in [2.05, 4.69) is 28.7 Å². The summed E-state index contributed by atoms with van der Waals surface area (Å²) in [6.07, 6.45) is 0.848. The van der Waals surface area contributed by atoms with Crippen LogP contribution in [0.15, 0.2) is 29.6 Å². The zero-order valence-electron chi connectivity index (χ0n) is 11.9. The number of hydrogen-bond donors (Lipinski definition) is 1. The Kier molecular flexibility index (Phi) is 4.22. The lowest BCUT2D eigenvalue weighted by atomic mass is 9.93. The van der Waals surface area contributed by atoms with E-state index in [0.717, 1.165) is 22.9 Å². The minimum absolute atomic E-state index is 0.173. The number of para-hydroxylation sites is 1. The Hall–Kier alpha value is -1.39. The highest BCUT2D eigenvalue weighted by Gasteiger charge is 2.29. The number of rotatable bonds is 5. The predicted octanol–water partition coefficient (Wildman–Crippen LogP) is 3.14. The minimum Gasteiger partial charge on any atom is -0.496 e. The maximum atomic E-state index is 5.43. The zero-order chi connectivity index (χ0) is 13.9. The first-order valence-corrected chi connectivity index (χ1v) is 7.20. The van der Waals surface area contributed by atoms with Gasteiger partial charge in [-0.25, -0.2) is 4.98 Å². The normalized spacial score (nSPS) is 14.1. The van der Waals surface area contributed by atoms with E-state index >= 15 is 0 Å². The van der Waals surface area contributed by atoms with Crippen LogP contribution in [-0.4, -0.2) is 19.1 Å². The lowest BCUT2D eigenvalue weighted by Crippen LogP contribution is -2.39. The largest absolute Gasteiger partial charge is 0.496 e. The Labute approximate surface area is 118 Å². The van der Waals surface area contributed by atoms with Crippen LogP contribution in [0.1, 0.15) is 23.2 Å². The summed E-state index contributed by atoms with van der Waals surface area (Å²) < 4.78 is 5.43. The van der Waals surface area contributed by atoms with E-state index in [1.165, 1.54) is 5.56 Å². The molecule has 4 heteroatoms. The molecule has 0 spiro atoms. The van der Waals surface area contributed by atoms with Gasteiger partial charge >= 0.3 is 0 Å². The van der Waals surface area contributed by atoms with Gasteiger partial charge in [0.1, 0.15) is 10.8 Å². The van der Waals surface area contributed by atoms with Gasteiger partial charge in [0.25, 0.3) is 0 Å². The fraction of sp³-hybridized carbons (Fsp3) is 0.400. The summed E-state index contributed by atoms with van der Waals surface area (Å²) in [6.45, 7) is 4.21. The molecule has 0 saturated heterocycles. The van der Waals surface area contributed by atoms with Gasteiger partial charge in [-0.15, -0.1) is 11.3 Å². The van der Waals surface area contributed by atoms with E-state index in [0.29, 0.717) is 0 Å². The molecular weight excluding hydrogens is 256 g/mol. The van der Waals surface area contributed by atoms with Gasteiger partial charge in [-0.1, -0.05) is 18.2 Å². The van der Waals surface area contributed by atoms with Gasteiger partial charge in [0.05, 0.1) is 12.6 Å². The highest BCUT2D eigenvalue weighted by atomic mass is 32.1.